The Kier molecular flexibility index (Phi) is 6.46. The van der Waals surface area contributed by atoms with Gasteiger partial charge in [0, 0.05) is 44.6 Å². The minimum Gasteiger partial charge on any atom is -0.481 e. The van der Waals surface area contributed by atoms with Crippen molar-refractivity contribution in [3.05, 3.63) is 101 Å². The van der Waals surface area contributed by atoms with Crippen LogP contribution in [0.25, 0.3) is 50.3 Å². The lowest BCUT2D eigenvalue weighted by Crippen LogP contribution is -2.04. The smallest absolute Gasteiger partial charge is 0.303 e. The van der Waals surface area contributed by atoms with Crippen LogP contribution in [0, 0.1) is 11.3 Å². The highest BCUT2D eigenvalue weighted by molar-refractivity contribution is 9.10. The molecular weight excluding hydrogens is 572 g/mol. The molecule has 6 rings (SSSR count). The number of nitriles is 1. The number of halogens is 1. The van der Waals surface area contributed by atoms with Gasteiger partial charge in [0.2, 0.25) is 5.95 Å². The fourth-order valence-corrected chi connectivity index (χ4v) is 5.05. The number of carbonyl (C=O) groups is 2. The summed E-state index contributed by atoms with van der Waals surface area (Å²) in [6, 6.07) is 24.4. The second kappa shape index (κ2) is 10.2. The van der Waals surface area contributed by atoms with E-state index < -0.39 is 5.97 Å². The molecule has 0 fully saturated rings. The molecule has 0 aliphatic heterocycles. The molecule has 0 bridgehead atoms. The molecule has 1 N–H and O–H groups in total. The van der Waals surface area contributed by atoms with Crippen LogP contribution < -0.4 is 0 Å². The Morgan fingerprint density at radius 3 is 2.48 bits per heavy atom. The van der Waals surface area contributed by atoms with Crippen LogP contribution in [0.3, 0.4) is 0 Å². The Bertz CT molecular complexity index is 1970. The molecule has 0 spiro atoms. The van der Waals surface area contributed by atoms with Crippen molar-refractivity contribution >= 4 is 49.5 Å². The molecule has 0 radical (unpaired) electrons. The Morgan fingerprint density at radius 2 is 1.75 bits per heavy atom. The largest absolute Gasteiger partial charge is 0.481 e. The molecule has 0 unspecified atom stereocenters. The van der Waals surface area contributed by atoms with E-state index in [-0.39, 0.29) is 18.6 Å². The van der Waals surface area contributed by atoms with Gasteiger partial charge < -0.3 is 9.52 Å². The highest BCUT2D eigenvalue weighted by Crippen LogP contribution is 2.33. The van der Waals surface area contributed by atoms with E-state index in [2.05, 4.69) is 22.0 Å². The van der Waals surface area contributed by atoms with Gasteiger partial charge in [-0.15, -0.1) is 0 Å². The first-order valence-electron chi connectivity index (χ1n) is 12.3. The highest BCUT2D eigenvalue weighted by atomic mass is 79.9. The van der Waals surface area contributed by atoms with Crippen molar-refractivity contribution in [2.45, 2.75) is 12.8 Å². The first-order chi connectivity index (χ1) is 19.4. The van der Waals surface area contributed by atoms with Gasteiger partial charge in [-0.05, 0) is 60.7 Å². The number of furan rings is 1. The predicted octanol–water partition coefficient (Wildman–Crippen LogP) is 7.18. The van der Waals surface area contributed by atoms with Crippen molar-refractivity contribution in [3.8, 4) is 34.6 Å². The van der Waals surface area contributed by atoms with Gasteiger partial charge in [0.1, 0.15) is 5.76 Å². The van der Waals surface area contributed by atoms with Crippen molar-refractivity contribution in [2.75, 3.05) is 0 Å². The molecule has 0 amide bonds. The Labute approximate surface area is 236 Å². The molecule has 3 aromatic carbocycles. The lowest BCUT2D eigenvalue weighted by atomic mass is 10.0. The van der Waals surface area contributed by atoms with Crippen molar-refractivity contribution < 1.29 is 19.1 Å². The summed E-state index contributed by atoms with van der Waals surface area (Å²) in [6.07, 6.45) is 2.91. The van der Waals surface area contributed by atoms with E-state index in [1.54, 1.807) is 29.2 Å². The molecule has 0 saturated carbocycles. The zero-order valence-electron chi connectivity index (χ0n) is 20.8. The Morgan fingerprint density at radius 1 is 0.950 bits per heavy atom. The number of carboxylic acid groups (broad SMARTS) is 1. The number of Topliss-reactive ketones (excluding diaryl/α,β-unsaturated/α-hetero) is 1. The summed E-state index contributed by atoms with van der Waals surface area (Å²) in [6.45, 7) is 0. The van der Waals surface area contributed by atoms with Crippen molar-refractivity contribution in [1.82, 2.24) is 14.5 Å². The van der Waals surface area contributed by atoms with Gasteiger partial charge in [0.25, 0.3) is 0 Å². The maximum Gasteiger partial charge on any atom is 0.303 e. The third-order valence-corrected chi connectivity index (χ3v) is 7.12. The quantitative estimate of drug-likeness (QED) is 0.195. The van der Waals surface area contributed by atoms with E-state index in [1.807, 2.05) is 60.7 Å². The second-order valence-corrected chi connectivity index (χ2v) is 10.1. The number of benzene rings is 3. The molecule has 0 saturated heterocycles. The summed E-state index contributed by atoms with van der Waals surface area (Å²) in [5, 5.41) is 19.8. The summed E-state index contributed by atoms with van der Waals surface area (Å²) < 4.78 is 8.14. The number of carboxylic acids is 1. The monoisotopic (exact) mass is 590 g/mol. The summed E-state index contributed by atoms with van der Waals surface area (Å²) in [7, 11) is 0. The Balaban J connectivity index is 1.58. The van der Waals surface area contributed by atoms with Gasteiger partial charge in [-0.1, -0.05) is 28.1 Å². The molecule has 9 heteroatoms. The van der Waals surface area contributed by atoms with Crippen LogP contribution >= 0.6 is 15.9 Å². The van der Waals surface area contributed by atoms with Crippen LogP contribution in [0.5, 0.6) is 0 Å². The van der Waals surface area contributed by atoms with Crippen molar-refractivity contribution in [3.63, 3.8) is 0 Å². The molecule has 3 heterocycles. The number of carbonyl (C=O) groups excluding carboxylic acids is 1. The molecule has 40 heavy (non-hydrogen) atoms. The number of aromatic nitrogens is 3. The number of hydrogen-bond acceptors (Lipinski definition) is 6. The number of fused-ring (bicyclic) bond motifs is 2. The van der Waals surface area contributed by atoms with E-state index in [9.17, 15) is 14.9 Å². The zero-order valence-corrected chi connectivity index (χ0v) is 22.4. The highest BCUT2D eigenvalue weighted by Gasteiger charge is 2.20. The molecule has 8 nitrogen and oxygen atoms in total. The van der Waals surface area contributed by atoms with Crippen LogP contribution in [-0.4, -0.2) is 31.4 Å². The fourth-order valence-electron chi connectivity index (χ4n) is 4.69. The predicted molar refractivity (Wildman–Crippen MR) is 153 cm³/mol. The molecule has 6 aromatic rings. The molecule has 194 valence electrons. The van der Waals surface area contributed by atoms with Crippen LogP contribution in [0.15, 0.2) is 94.1 Å². The molecule has 0 aliphatic rings. The third-order valence-electron chi connectivity index (χ3n) is 6.63. The van der Waals surface area contributed by atoms with Gasteiger partial charge in [0.15, 0.2) is 5.78 Å². The van der Waals surface area contributed by atoms with Crippen molar-refractivity contribution in [1.29, 1.82) is 5.26 Å². The topological polar surface area (TPSA) is 122 Å². The third kappa shape index (κ3) is 4.65. The van der Waals surface area contributed by atoms with Crippen LogP contribution in [-0.2, 0) is 4.79 Å². The normalized spacial score (nSPS) is 11.1. The van der Waals surface area contributed by atoms with Gasteiger partial charge in [-0.25, -0.2) is 9.97 Å². The maximum atomic E-state index is 13.1. The van der Waals surface area contributed by atoms with E-state index in [0.29, 0.717) is 44.9 Å². The van der Waals surface area contributed by atoms with Crippen LogP contribution in [0.2, 0.25) is 0 Å². The standard InChI is InChI=1S/C31H19BrN4O4/c32-21-8-10-26-22(15-21)24(27(37)11-12-29(38)39)17-36(26)31-34-25-9-7-20(28-2-1-13-40-28)14-23(25)30(35-31)19-5-3-18(16-33)4-6-19/h1-10,13-15,17H,11-12H2,(H,38,39). The number of hydrogen-bond donors (Lipinski definition) is 1. The van der Waals surface area contributed by atoms with Gasteiger partial charge >= 0.3 is 5.97 Å². The first-order valence-corrected chi connectivity index (χ1v) is 13.1. The van der Waals surface area contributed by atoms with Gasteiger partial charge in [0.05, 0.1) is 41.0 Å². The SMILES string of the molecule is N#Cc1ccc(-c2nc(-n3cc(C(=O)CCC(=O)O)c4cc(Br)ccc43)nc3ccc(-c4ccco4)cc23)cc1. The minimum absolute atomic E-state index is 0.119. The lowest BCUT2D eigenvalue weighted by Gasteiger charge is -2.12. The van der Waals surface area contributed by atoms with Crippen LogP contribution in [0.1, 0.15) is 28.8 Å². The number of nitrogens with zero attached hydrogens (tertiary/aromatic N) is 4. The number of rotatable bonds is 7. The summed E-state index contributed by atoms with van der Waals surface area (Å²) in [5.41, 5.74) is 4.62. The van der Waals surface area contributed by atoms with E-state index in [4.69, 9.17) is 19.5 Å². The summed E-state index contributed by atoms with van der Waals surface area (Å²) in [5.74, 6) is -0.247. The maximum absolute atomic E-state index is 13.1. The molecule has 3 aromatic heterocycles. The lowest BCUT2D eigenvalue weighted by molar-refractivity contribution is -0.136. The minimum atomic E-state index is -1.03. The van der Waals surface area contributed by atoms with Gasteiger partial charge in [-0.3, -0.25) is 14.2 Å². The molecular formula is C31H19BrN4O4. The van der Waals surface area contributed by atoms with Gasteiger partial charge in [-0.2, -0.15) is 5.26 Å². The van der Waals surface area contributed by atoms with E-state index in [0.717, 1.165) is 21.0 Å². The average Bonchev–Trinajstić information content (AvgIpc) is 3.64. The summed E-state index contributed by atoms with van der Waals surface area (Å²) >= 11 is 3.48. The average molecular weight is 591 g/mol. The zero-order chi connectivity index (χ0) is 27.8. The molecule has 0 atom stereocenters. The second-order valence-electron chi connectivity index (χ2n) is 9.16. The Hall–Kier alpha value is -5.07. The van der Waals surface area contributed by atoms with Crippen molar-refractivity contribution in [2.24, 2.45) is 0 Å². The number of aliphatic carboxylic acids is 1. The fraction of sp³-hybridized carbons (Fsp3) is 0.0645. The van der Waals surface area contributed by atoms with Crippen LogP contribution in [0.4, 0.5) is 0 Å². The first kappa shape index (κ1) is 25.2. The van der Waals surface area contributed by atoms with E-state index in [1.165, 1.54) is 0 Å². The summed E-state index contributed by atoms with van der Waals surface area (Å²) in [4.78, 5) is 34.0. The number of ketones is 1. The molecule has 0 aliphatic carbocycles. The van der Waals surface area contributed by atoms with E-state index >= 15 is 0 Å².